The number of carbonyl (C=O) groups is 1. The number of hydrogen-bond donors (Lipinski definition) is 1. The van der Waals surface area contributed by atoms with Gasteiger partial charge < -0.3 is 10.2 Å². The largest absolute Gasteiger partial charge is 0.355 e. The number of benzene rings is 1. The van der Waals surface area contributed by atoms with Crippen molar-refractivity contribution in [3.05, 3.63) is 24.0 Å². The molecule has 5 nitrogen and oxygen atoms in total. The van der Waals surface area contributed by atoms with Gasteiger partial charge in [0.2, 0.25) is 5.91 Å². The van der Waals surface area contributed by atoms with E-state index in [1.165, 1.54) is 6.07 Å². The Labute approximate surface area is 145 Å². The summed E-state index contributed by atoms with van der Waals surface area (Å²) in [6.45, 7) is 9.06. The number of piperazine rings is 1. The average Bonchev–Trinajstić information content (AvgIpc) is 2.98. The smallest absolute Gasteiger partial charge is 0.222 e. The number of amides is 1. The van der Waals surface area contributed by atoms with Gasteiger partial charge in [0.05, 0.1) is 10.2 Å². The molecule has 1 fully saturated rings. The van der Waals surface area contributed by atoms with Crippen molar-refractivity contribution in [2.75, 3.05) is 44.2 Å². The zero-order valence-electron chi connectivity index (χ0n) is 14.1. The van der Waals surface area contributed by atoms with Crippen LogP contribution in [0.25, 0.3) is 10.2 Å². The first kappa shape index (κ1) is 17.1. The summed E-state index contributed by atoms with van der Waals surface area (Å²) in [5.74, 6) is -0.0768. The maximum absolute atomic E-state index is 13.3. The zero-order chi connectivity index (χ0) is 17.1. The number of anilines is 1. The van der Waals surface area contributed by atoms with Gasteiger partial charge in [-0.25, -0.2) is 9.37 Å². The second-order valence-electron chi connectivity index (χ2n) is 6.38. The van der Waals surface area contributed by atoms with E-state index in [4.69, 9.17) is 0 Å². The molecule has 0 aliphatic carbocycles. The Hall–Kier alpha value is -1.73. The quantitative estimate of drug-likeness (QED) is 0.899. The predicted octanol–water partition coefficient (Wildman–Crippen LogP) is 2.33. The third-order valence-corrected chi connectivity index (χ3v) is 5.31. The maximum atomic E-state index is 13.3. The van der Waals surface area contributed by atoms with Crippen LogP contribution in [-0.4, -0.2) is 55.1 Å². The fourth-order valence-corrected chi connectivity index (χ4v) is 3.77. The van der Waals surface area contributed by atoms with E-state index in [1.807, 2.05) is 13.8 Å². The van der Waals surface area contributed by atoms with Crippen LogP contribution in [0.4, 0.5) is 9.52 Å². The molecule has 2 aromatic rings. The van der Waals surface area contributed by atoms with Crippen LogP contribution in [0.1, 0.15) is 13.8 Å². The van der Waals surface area contributed by atoms with E-state index in [0.29, 0.717) is 6.54 Å². The lowest BCUT2D eigenvalue weighted by molar-refractivity contribution is -0.124. The normalized spacial score (nSPS) is 16.1. The molecule has 1 saturated heterocycles. The van der Waals surface area contributed by atoms with Gasteiger partial charge in [-0.1, -0.05) is 25.2 Å². The number of nitrogens with one attached hydrogen (secondary N) is 1. The van der Waals surface area contributed by atoms with E-state index in [1.54, 1.807) is 23.5 Å². The highest BCUT2D eigenvalue weighted by Crippen LogP contribution is 2.29. The van der Waals surface area contributed by atoms with Crippen molar-refractivity contribution < 1.29 is 9.18 Å². The number of nitrogens with zero attached hydrogens (tertiary/aromatic N) is 3. The molecule has 0 bridgehead atoms. The Morgan fingerprint density at radius 3 is 2.79 bits per heavy atom. The van der Waals surface area contributed by atoms with Crippen molar-refractivity contribution in [3.8, 4) is 0 Å². The van der Waals surface area contributed by atoms with Crippen molar-refractivity contribution in [2.24, 2.45) is 5.92 Å². The second-order valence-corrected chi connectivity index (χ2v) is 7.39. The molecule has 1 aromatic heterocycles. The minimum Gasteiger partial charge on any atom is -0.355 e. The van der Waals surface area contributed by atoms with Gasteiger partial charge >= 0.3 is 0 Å². The minimum atomic E-state index is -0.217. The van der Waals surface area contributed by atoms with Gasteiger partial charge in [0.25, 0.3) is 0 Å². The van der Waals surface area contributed by atoms with E-state index in [2.05, 4.69) is 20.1 Å². The summed E-state index contributed by atoms with van der Waals surface area (Å²) >= 11 is 1.54. The zero-order valence-corrected chi connectivity index (χ0v) is 14.9. The monoisotopic (exact) mass is 350 g/mol. The van der Waals surface area contributed by atoms with Crippen LogP contribution >= 0.6 is 11.3 Å². The van der Waals surface area contributed by atoms with Crippen molar-refractivity contribution in [1.29, 1.82) is 0 Å². The molecular formula is C17H23FN4OS. The summed E-state index contributed by atoms with van der Waals surface area (Å²) in [6.07, 6.45) is 0. The van der Waals surface area contributed by atoms with E-state index < -0.39 is 0 Å². The van der Waals surface area contributed by atoms with Crippen molar-refractivity contribution in [3.63, 3.8) is 0 Å². The molecule has 2 heterocycles. The number of carbonyl (C=O) groups excluding carboxylic acids is 1. The molecule has 0 spiro atoms. The Bertz CT molecular complexity index is 710. The highest BCUT2D eigenvalue weighted by atomic mass is 32.1. The van der Waals surface area contributed by atoms with Crippen LogP contribution in [0, 0.1) is 11.7 Å². The Kier molecular flexibility index (Phi) is 5.30. The molecule has 0 unspecified atom stereocenters. The highest BCUT2D eigenvalue weighted by Gasteiger charge is 2.20. The van der Waals surface area contributed by atoms with Gasteiger partial charge in [-0.15, -0.1) is 0 Å². The fourth-order valence-electron chi connectivity index (χ4n) is 2.73. The maximum Gasteiger partial charge on any atom is 0.222 e. The molecule has 0 atom stereocenters. The van der Waals surface area contributed by atoms with Crippen molar-refractivity contribution in [2.45, 2.75) is 13.8 Å². The summed E-state index contributed by atoms with van der Waals surface area (Å²) in [4.78, 5) is 20.8. The first-order valence-corrected chi connectivity index (χ1v) is 9.15. The van der Waals surface area contributed by atoms with Gasteiger partial charge in [-0.05, 0) is 18.2 Å². The summed E-state index contributed by atoms with van der Waals surface area (Å²) < 4.78 is 14.2. The standard InChI is InChI=1S/C17H23FN4OS/c1-12(2)16(23)19-5-6-21-7-9-22(10-8-21)17-20-14-4-3-13(18)11-15(14)24-17/h3-4,11-12H,5-10H2,1-2H3,(H,19,23). The third-order valence-electron chi connectivity index (χ3n) is 4.23. The summed E-state index contributed by atoms with van der Waals surface area (Å²) in [5.41, 5.74) is 0.857. The molecule has 1 aliphatic heterocycles. The highest BCUT2D eigenvalue weighted by molar-refractivity contribution is 7.22. The predicted molar refractivity (Wildman–Crippen MR) is 96.1 cm³/mol. The number of hydrogen-bond acceptors (Lipinski definition) is 5. The fraction of sp³-hybridized carbons (Fsp3) is 0.529. The first-order chi connectivity index (χ1) is 11.5. The van der Waals surface area contributed by atoms with Gasteiger partial charge in [-0.2, -0.15) is 0 Å². The van der Waals surface area contributed by atoms with E-state index in [9.17, 15) is 9.18 Å². The molecular weight excluding hydrogens is 327 g/mol. The Morgan fingerprint density at radius 2 is 2.08 bits per heavy atom. The number of aromatic nitrogens is 1. The van der Waals surface area contributed by atoms with Gasteiger partial charge in [0.15, 0.2) is 5.13 Å². The lowest BCUT2D eigenvalue weighted by atomic mass is 10.2. The Morgan fingerprint density at radius 1 is 1.33 bits per heavy atom. The number of fused-ring (bicyclic) bond motifs is 1. The third kappa shape index (κ3) is 4.02. The molecule has 0 radical (unpaired) electrons. The molecule has 7 heteroatoms. The molecule has 1 N–H and O–H groups in total. The SMILES string of the molecule is CC(C)C(=O)NCCN1CCN(c2nc3ccc(F)cc3s2)CC1. The topological polar surface area (TPSA) is 48.5 Å². The lowest BCUT2D eigenvalue weighted by Gasteiger charge is -2.34. The van der Waals surface area contributed by atoms with E-state index in [-0.39, 0.29) is 17.6 Å². The molecule has 0 saturated carbocycles. The summed E-state index contributed by atoms with van der Waals surface area (Å²) in [6, 6.07) is 4.73. The van der Waals surface area contributed by atoms with Crippen LogP contribution in [0.2, 0.25) is 0 Å². The first-order valence-electron chi connectivity index (χ1n) is 8.34. The number of thiazole rings is 1. The van der Waals surface area contributed by atoms with Crippen LogP contribution in [-0.2, 0) is 4.79 Å². The minimum absolute atomic E-state index is 0.0331. The van der Waals surface area contributed by atoms with Crippen LogP contribution in [0.5, 0.6) is 0 Å². The van der Waals surface area contributed by atoms with Crippen molar-refractivity contribution in [1.82, 2.24) is 15.2 Å². The number of halogens is 1. The summed E-state index contributed by atoms with van der Waals surface area (Å²) in [5, 5.41) is 3.92. The Balaban J connectivity index is 1.50. The van der Waals surface area contributed by atoms with Crippen molar-refractivity contribution >= 4 is 32.6 Å². The van der Waals surface area contributed by atoms with Gasteiger partial charge in [0.1, 0.15) is 5.82 Å². The van der Waals surface area contributed by atoms with Crippen LogP contribution in [0.3, 0.4) is 0 Å². The second kappa shape index (κ2) is 7.44. The molecule has 24 heavy (non-hydrogen) atoms. The van der Waals surface area contributed by atoms with Crippen LogP contribution in [0.15, 0.2) is 18.2 Å². The lowest BCUT2D eigenvalue weighted by Crippen LogP contribution is -2.48. The molecule has 130 valence electrons. The van der Waals surface area contributed by atoms with Gasteiger partial charge in [0, 0.05) is 45.2 Å². The average molecular weight is 350 g/mol. The van der Waals surface area contributed by atoms with E-state index in [0.717, 1.165) is 48.1 Å². The molecule has 1 amide bonds. The van der Waals surface area contributed by atoms with Gasteiger partial charge in [-0.3, -0.25) is 9.69 Å². The number of rotatable bonds is 5. The molecule has 3 rings (SSSR count). The summed E-state index contributed by atoms with van der Waals surface area (Å²) in [7, 11) is 0. The molecule has 1 aliphatic rings. The van der Waals surface area contributed by atoms with Crippen LogP contribution < -0.4 is 10.2 Å². The van der Waals surface area contributed by atoms with E-state index >= 15 is 0 Å². The molecule has 1 aromatic carbocycles.